The topological polar surface area (TPSA) is 68.5 Å². The summed E-state index contributed by atoms with van der Waals surface area (Å²) in [6, 6.07) is 7.86. The van der Waals surface area contributed by atoms with Crippen LogP contribution in [0.25, 0.3) is 10.4 Å². The quantitative estimate of drug-likeness (QED) is 0.924. The number of para-hydroxylation sites is 1. The van der Waals surface area contributed by atoms with Crippen LogP contribution in [0, 0.1) is 6.92 Å². The van der Waals surface area contributed by atoms with Crippen molar-refractivity contribution in [2.24, 2.45) is 5.73 Å². The Balaban J connectivity index is 2.01. The first-order valence-electron chi connectivity index (χ1n) is 8.27. The molecule has 0 saturated carbocycles. The predicted octanol–water partition coefficient (Wildman–Crippen LogP) is 3.08. The van der Waals surface area contributed by atoms with Gasteiger partial charge >= 0.3 is 0 Å². The number of likely N-dealkylation sites (tertiary alicyclic amines) is 1. The molecule has 0 radical (unpaired) electrons. The van der Waals surface area contributed by atoms with Crippen molar-refractivity contribution in [1.29, 1.82) is 0 Å². The van der Waals surface area contributed by atoms with Crippen molar-refractivity contribution in [3.05, 3.63) is 35.0 Å². The number of methoxy groups -OCH3 is 1. The van der Waals surface area contributed by atoms with Crippen molar-refractivity contribution in [1.82, 2.24) is 9.88 Å². The van der Waals surface area contributed by atoms with E-state index in [4.69, 9.17) is 10.5 Å². The van der Waals surface area contributed by atoms with E-state index in [1.54, 1.807) is 7.11 Å². The number of hydrogen-bond donors (Lipinski definition) is 1. The third kappa shape index (κ3) is 3.16. The fraction of sp³-hybridized carbons (Fsp3) is 0.444. The van der Waals surface area contributed by atoms with E-state index in [2.05, 4.69) is 4.98 Å². The Morgan fingerprint density at radius 3 is 2.96 bits per heavy atom. The lowest BCUT2D eigenvalue weighted by Gasteiger charge is -2.34. The molecule has 1 aliphatic heterocycles. The predicted molar refractivity (Wildman–Crippen MR) is 96.6 cm³/mol. The number of nitrogens with zero attached hydrogens (tertiary/aromatic N) is 2. The van der Waals surface area contributed by atoms with Gasteiger partial charge in [0, 0.05) is 24.7 Å². The third-order valence-electron chi connectivity index (χ3n) is 4.45. The number of carbonyl (C=O) groups excluding carboxylic acids is 1. The van der Waals surface area contributed by atoms with Gasteiger partial charge in [-0.1, -0.05) is 12.1 Å². The van der Waals surface area contributed by atoms with Crippen molar-refractivity contribution in [3.63, 3.8) is 0 Å². The summed E-state index contributed by atoms with van der Waals surface area (Å²) in [5.74, 6) is 0.736. The largest absolute Gasteiger partial charge is 0.496 e. The van der Waals surface area contributed by atoms with Crippen LogP contribution in [0.1, 0.15) is 34.8 Å². The summed E-state index contributed by atoms with van der Waals surface area (Å²) in [6.07, 6.45) is 3.12. The smallest absolute Gasteiger partial charge is 0.274 e. The van der Waals surface area contributed by atoms with Crippen LogP contribution in [0.2, 0.25) is 0 Å². The number of amides is 1. The van der Waals surface area contributed by atoms with E-state index in [0.717, 1.165) is 47.0 Å². The first-order valence-corrected chi connectivity index (χ1v) is 9.09. The van der Waals surface area contributed by atoms with Crippen molar-refractivity contribution >= 4 is 17.2 Å². The molecule has 1 amide bonds. The van der Waals surface area contributed by atoms with E-state index >= 15 is 0 Å². The Kier molecular flexibility index (Phi) is 5.16. The van der Waals surface area contributed by atoms with Crippen molar-refractivity contribution < 1.29 is 9.53 Å². The van der Waals surface area contributed by atoms with E-state index in [0.29, 0.717) is 12.2 Å². The monoisotopic (exact) mass is 345 g/mol. The fourth-order valence-corrected chi connectivity index (χ4v) is 4.18. The molecule has 0 bridgehead atoms. The van der Waals surface area contributed by atoms with Crippen LogP contribution >= 0.6 is 11.3 Å². The Morgan fingerprint density at radius 1 is 1.42 bits per heavy atom. The highest BCUT2D eigenvalue weighted by molar-refractivity contribution is 7.15. The number of ether oxygens (including phenoxy) is 1. The van der Waals surface area contributed by atoms with Crippen molar-refractivity contribution in [2.75, 3.05) is 20.2 Å². The Hall–Kier alpha value is -1.92. The molecular formula is C18H23N3O2S. The minimum absolute atomic E-state index is 0.0181. The van der Waals surface area contributed by atoms with Gasteiger partial charge in [-0.15, -0.1) is 11.3 Å². The summed E-state index contributed by atoms with van der Waals surface area (Å²) in [5, 5.41) is 0.876. The maximum Gasteiger partial charge on any atom is 0.274 e. The van der Waals surface area contributed by atoms with E-state index in [1.807, 2.05) is 36.1 Å². The average Bonchev–Trinajstić information content (AvgIpc) is 3.02. The maximum absolute atomic E-state index is 13.1. The Bertz CT molecular complexity index is 729. The zero-order valence-corrected chi connectivity index (χ0v) is 14.9. The molecule has 2 N–H and O–H groups in total. The summed E-state index contributed by atoms with van der Waals surface area (Å²) in [7, 11) is 1.64. The molecule has 2 heterocycles. The zero-order chi connectivity index (χ0) is 17.1. The van der Waals surface area contributed by atoms with Gasteiger partial charge in [0.05, 0.1) is 17.0 Å². The van der Waals surface area contributed by atoms with Crippen LogP contribution in [0.3, 0.4) is 0 Å². The number of aromatic nitrogens is 1. The minimum Gasteiger partial charge on any atom is -0.496 e. The van der Waals surface area contributed by atoms with Crippen LogP contribution in [-0.4, -0.2) is 42.0 Å². The first kappa shape index (κ1) is 16.9. The minimum atomic E-state index is -0.0181. The Labute approximate surface area is 146 Å². The van der Waals surface area contributed by atoms with Crippen molar-refractivity contribution in [2.45, 2.75) is 32.2 Å². The molecule has 1 fully saturated rings. The molecule has 2 aromatic rings. The molecule has 128 valence electrons. The van der Waals surface area contributed by atoms with Gasteiger partial charge in [0.2, 0.25) is 0 Å². The Morgan fingerprint density at radius 2 is 2.21 bits per heavy atom. The van der Waals surface area contributed by atoms with Gasteiger partial charge in [0.1, 0.15) is 11.4 Å². The molecule has 3 rings (SSSR count). The number of nitrogens with two attached hydrogens (primary N) is 1. The number of piperidine rings is 1. The van der Waals surface area contributed by atoms with Crippen molar-refractivity contribution in [3.8, 4) is 16.2 Å². The molecule has 0 unspecified atom stereocenters. The summed E-state index contributed by atoms with van der Waals surface area (Å²) < 4.78 is 5.47. The molecule has 5 nitrogen and oxygen atoms in total. The van der Waals surface area contributed by atoms with Crippen LogP contribution in [0.4, 0.5) is 0 Å². The second kappa shape index (κ2) is 7.32. The van der Waals surface area contributed by atoms with Gasteiger partial charge in [0.25, 0.3) is 5.91 Å². The van der Waals surface area contributed by atoms with Crippen LogP contribution < -0.4 is 10.5 Å². The lowest BCUT2D eigenvalue weighted by molar-refractivity contribution is 0.0618. The van der Waals surface area contributed by atoms with E-state index in [-0.39, 0.29) is 11.9 Å². The third-order valence-corrected chi connectivity index (χ3v) is 5.45. The van der Waals surface area contributed by atoms with Gasteiger partial charge in [-0.05, 0) is 38.3 Å². The fourth-order valence-electron chi connectivity index (χ4n) is 3.24. The van der Waals surface area contributed by atoms with Gasteiger partial charge < -0.3 is 15.4 Å². The molecule has 1 aromatic heterocycles. The van der Waals surface area contributed by atoms with Gasteiger partial charge in [0.15, 0.2) is 0 Å². The highest BCUT2D eigenvalue weighted by Gasteiger charge is 2.30. The SMILES string of the molecule is COc1ccccc1-c1sc(C)nc1C(=O)N1CCCC[C@H]1CN. The number of carbonyl (C=O) groups is 1. The van der Waals surface area contributed by atoms with Crippen LogP contribution in [0.5, 0.6) is 5.75 Å². The molecule has 1 atom stereocenters. The molecule has 0 aliphatic carbocycles. The van der Waals surface area contributed by atoms with Gasteiger partial charge in [-0.25, -0.2) is 4.98 Å². The lowest BCUT2D eigenvalue weighted by atomic mass is 10.0. The van der Waals surface area contributed by atoms with Gasteiger partial charge in [-0.3, -0.25) is 4.79 Å². The molecule has 24 heavy (non-hydrogen) atoms. The molecule has 6 heteroatoms. The number of rotatable bonds is 4. The highest BCUT2D eigenvalue weighted by atomic mass is 32.1. The standard InChI is InChI=1S/C18H23N3O2S/c1-12-20-16(18(22)21-10-6-5-7-13(21)11-19)17(24-12)14-8-3-4-9-15(14)23-2/h3-4,8-9,13H,5-7,10-11,19H2,1-2H3/t13-/m0/s1. The highest BCUT2D eigenvalue weighted by Crippen LogP contribution is 2.37. The van der Waals surface area contributed by atoms with E-state index in [9.17, 15) is 4.79 Å². The normalized spacial score (nSPS) is 17.8. The summed E-state index contributed by atoms with van der Waals surface area (Å²) in [5.41, 5.74) is 7.31. The molecule has 1 aliphatic rings. The molecule has 0 spiro atoms. The number of aryl methyl sites for hydroxylation is 1. The number of thiazole rings is 1. The molecule has 1 aromatic carbocycles. The molecular weight excluding hydrogens is 322 g/mol. The van der Waals surface area contributed by atoms with Crippen LogP contribution in [-0.2, 0) is 0 Å². The van der Waals surface area contributed by atoms with E-state index in [1.165, 1.54) is 11.3 Å². The number of benzene rings is 1. The number of hydrogen-bond acceptors (Lipinski definition) is 5. The maximum atomic E-state index is 13.1. The van der Waals surface area contributed by atoms with Crippen LogP contribution in [0.15, 0.2) is 24.3 Å². The second-order valence-electron chi connectivity index (χ2n) is 5.99. The second-order valence-corrected chi connectivity index (χ2v) is 7.20. The van der Waals surface area contributed by atoms with Gasteiger partial charge in [-0.2, -0.15) is 0 Å². The average molecular weight is 345 g/mol. The summed E-state index contributed by atoms with van der Waals surface area (Å²) >= 11 is 1.53. The van der Waals surface area contributed by atoms with E-state index < -0.39 is 0 Å². The summed E-state index contributed by atoms with van der Waals surface area (Å²) in [6.45, 7) is 3.18. The zero-order valence-electron chi connectivity index (χ0n) is 14.1. The molecule has 1 saturated heterocycles. The summed E-state index contributed by atoms with van der Waals surface area (Å²) in [4.78, 5) is 20.5. The lowest BCUT2D eigenvalue weighted by Crippen LogP contribution is -2.47. The first-order chi connectivity index (χ1) is 11.7.